The van der Waals surface area contributed by atoms with Gasteiger partial charge in [-0.1, -0.05) is 0 Å². The third-order valence-electron chi connectivity index (χ3n) is 2.96. The summed E-state index contributed by atoms with van der Waals surface area (Å²) in [6, 6.07) is 4.24. The summed E-state index contributed by atoms with van der Waals surface area (Å²) in [4.78, 5) is 11.8. The molecule has 3 nitrogen and oxygen atoms in total. The molecule has 0 bridgehead atoms. The van der Waals surface area contributed by atoms with Crippen LogP contribution < -0.4 is 5.32 Å². The molecule has 1 aromatic rings. The van der Waals surface area contributed by atoms with Crippen LogP contribution in [-0.4, -0.2) is 23.2 Å². The van der Waals surface area contributed by atoms with Crippen molar-refractivity contribution in [1.82, 2.24) is 5.32 Å². The Labute approximate surface area is 93.3 Å². The fourth-order valence-electron chi connectivity index (χ4n) is 1.57. The van der Waals surface area contributed by atoms with Crippen LogP contribution in [-0.2, 0) is 0 Å². The Kier molecular flexibility index (Phi) is 2.68. The molecule has 0 radical (unpaired) electrons. The zero-order chi connectivity index (χ0) is 11.8. The molecule has 1 aromatic carbocycles. The zero-order valence-corrected chi connectivity index (χ0v) is 9.09. The number of aryl methyl sites for hydroxylation is 1. The molecule has 1 amide bonds. The first-order valence-electron chi connectivity index (χ1n) is 5.26. The lowest BCUT2D eigenvalue weighted by atomic mass is 10.1. The van der Waals surface area contributed by atoms with E-state index in [2.05, 4.69) is 5.32 Å². The molecule has 0 spiro atoms. The largest absolute Gasteiger partial charge is 0.394 e. The molecule has 4 heteroatoms. The fourth-order valence-corrected chi connectivity index (χ4v) is 1.57. The number of aliphatic hydroxyl groups is 1. The summed E-state index contributed by atoms with van der Waals surface area (Å²) in [5.41, 5.74) is 0.444. The number of nitrogens with one attached hydrogen (secondary N) is 1. The summed E-state index contributed by atoms with van der Waals surface area (Å²) < 4.78 is 13.0. The van der Waals surface area contributed by atoms with Crippen LogP contribution in [0.4, 0.5) is 4.39 Å². The van der Waals surface area contributed by atoms with E-state index in [1.54, 1.807) is 6.92 Å². The molecule has 0 saturated heterocycles. The van der Waals surface area contributed by atoms with Crippen molar-refractivity contribution in [2.24, 2.45) is 0 Å². The van der Waals surface area contributed by atoms with Gasteiger partial charge in [-0.15, -0.1) is 0 Å². The van der Waals surface area contributed by atoms with Gasteiger partial charge < -0.3 is 10.4 Å². The number of hydrogen-bond donors (Lipinski definition) is 2. The van der Waals surface area contributed by atoms with E-state index >= 15 is 0 Å². The van der Waals surface area contributed by atoms with Crippen molar-refractivity contribution >= 4 is 5.91 Å². The third-order valence-corrected chi connectivity index (χ3v) is 2.96. The van der Waals surface area contributed by atoms with Crippen LogP contribution >= 0.6 is 0 Å². The molecular weight excluding hydrogens is 209 g/mol. The maximum absolute atomic E-state index is 13.0. The van der Waals surface area contributed by atoms with Gasteiger partial charge in [-0.2, -0.15) is 0 Å². The van der Waals surface area contributed by atoms with Crippen molar-refractivity contribution in [1.29, 1.82) is 0 Å². The van der Waals surface area contributed by atoms with Gasteiger partial charge in [0.1, 0.15) is 5.82 Å². The molecular formula is C12H14FNO2. The van der Waals surface area contributed by atoms with Gasteiger partial charge in [0.15, 0.2) is 0 Å². The highest BCUT2D eigenvalue weighted by molar-refractivity contribution is 5.95. The number of carbonyl (C=O) groups excluding carboxylic acids is 1. The van der Waals surface area contributed by atoms with E-state index in [9.17, 15) is 9.18 Å². The van der Waals surface area contributed by atoms with Crippen molar-refractivity contribution < 1.29 is 14.3 Å². The van der Waals surface area contributed by atoms with Gasteiger partial charge in [-0.05, 0) is 43.5 Å². The van der Waals surface area contributed by atoms with E-state index < -0.39 is 5.54 Å². The standard InChI is InChI=1S/C12H14FNO2/c1-8-6-9(2-3-10(8)13)11(16)14-12(7-15)4-5-12/h2-3,6,15H,4-5,7H2,1H3,(H,14,16). The van der Waals surface area contributed by atoms with E-state index in [-0.39, 0.29) is 18.3 Å². The van der Waals surface area contributed by atoms with Gasteiger partial charge in [0.05, 0.1) is 12.1 Å². The van der Waals surface area contributed by atoms with Crippen LogP contribution in [0.1, 0.15) is 28.8 Å². The van der Waals surface area contributed by atoms with Crippen LogP contribution in [0, 0.1) is 12.7 Å². The smallest absolute Gasteiger partial charge is 0.251 e. The van der Waals surface area contributed by atoms with Gasteiger partial charge >= 0.3 is 0 Å². The lowest BCUT2D eigenvalue weighted by molar-refractivity contribution is 0.0906. The van der Waals surface area contributed by atoms with E-state index in [1.165, 1.54) is 18.2 Å². The highest BCUT2D eigenvalue weighted by Gasteiger charge is 2.43. The molecule has 0 aromatic heterocycles. The lowest BCUT2D eigenvalue weighted by Gasteiger charge is -2.14. The second-order valence-corrected chi connectivity index (χ2v) is 4.36. The number of rotatable bonds is 3. The fraction of sp³-hybridized carbons (Fsp3) is 0.417. The van der Waals surface area contributed by atoms with Crippen molar-refractivity contribution in [3.63, 3.8) is 0 Å². The maximum atomic E-state index is 13.0. The monoisotopic (exact) mass is 223 g/mol. The minimum absolute atomic E-state index is 0.0427. The van der Waals surface area contributed by atoms with Crippen molar-refractivity contribution in [2.45, 2.75) is 25.3 Å². The summed E-state index contributed by atoms with van der Waals surface area (Å²) in [5.74, 6) is -0.575. The summed E-state index contributed by atoms with van der Waals surface area (Å²) in [7, 11) is 0. The van der Waals surface area contributed by atoms with Crippen molar-refractivity contribution in [3.05, 3.63) is 35.1 Å². The number of hydrogen-bond acceptors (Lipinski definition) is 2. The zero-order valence-electron chi connectivity index (χ0n) is 9.09. The molecule has 2 rings (SSSR count). The SMILES string of the molecule is Cc1cc(C(=O)NC2(CO)CC2)ccc1F. The molecule has 86 valence electrons. The molecule has 0 atom stereocenters. The van der Waals surface area contributed by atoms with Gasteiger partial charge in [0.25, 0.3) is 5.91 Å². The summed E-state index contributed by atoms with van der Waals surface area (Å²) >= 11 is 0. The molecule has 1 fully saturated rings. The quantitative estimate of drug-likeness (QED) is 0.813. The molecule has 1 aliphatic carbocycles. The second kappa shape index (κ2) is 3.87. The lowest BCUT2D eigenvalue weighted by Crippen LogP contribution is -2.39. The summed E-state index contributed by atoms with van der Waals surface area (Å²) in [5, 5.41) is 11.8. The molecule has 16 heavy (non-hydrogen) atoms. The number of halogens is 1. The number of amides is 1. The predicted molar refractivity (Wildman–Crippen MR) is 57.7 cm³/mol. The molecule has 0 heterocycles. The second-order valence-electron chi connectivity index (χ2n) is 4.36. The van der Waals surface area contributed by atoms with E-state index in [0.717, 1.165) is 12.8 Å². The highest BCUT2D eigenvalue weighted by atomic mass is 19.1. The van der Waals surface area contributed by atoms with Crippen LogP contribution in [0.5, 0.6) is 0 Å². The minimum atomic E-state index is -0.431. The normalized spacial score (nSPS) is 16.9. The average molecular weight is 223 g/mol. The molecule has 1 aliphatic rings. The van der Waals surface area contributed by atoms with Gasteiger partial charge in [-0.25, -0.2) is 4.39 Å². The van der Waals surface area contributed by atoms with Gasteiger partial charge in [-0.3, -0.25) is 4.79 Å². The van der Waals surface area contributed by atoms with Crippen LogP contribution in [0.3, 0.4) is 0 Å². The predicted octanol–water partition coefficient (Wildman–Crippen LogP) is 1.39. The summed E-state index contributed by atoms with van der Waals surface area (Å²) in [6.07, 6.45) is 1.60. The number of aliphatic hydroxyl groups excluding tert-OH is 1. The molecule has 0 aliphatic heterocycles. The Balaban J connectivity index is 2.12. The number of carbonyl (C=O) groups is 1. The molecule has 0 unspecified atom stereocenters. The van der Waals surface area contributed by atoms with Crippen molar-refractivity contribution in [2.75, 3.05) is 6.61 Å². The van der Waals surface area contributed by atoms with Gasteiger partial charge in [0, 0.05) is 5.56 Å². The van der Waals surface area contributed by atoms with E-state index in [0.29, 0.717) is 11.1 Å². The molecule has 1 saturated carbocycles. The van der Waals surface area contributed by atoms with Crippen molar-refractivity contribution in [3.8, 4) is 0 Å². The van der Waals surface area contributed by atoms with E-state index in [4.69, 9.17) is 5.11 Å². The van der Waals surface area contributed by atoms with Crippen LogP contribution in [0.15, 0.2) is 18.2 Å². The van der Waals surface area contributed by atoms with Crippen LogP contribution in [0.25, 0.3) is 0 Å². The Morgan fingerprint density at radius 2 is 2.25 bits per heavy atom. The Morgan fingerprint density at radius 3 is 2.75 bits per heavy atom. The Bertz CT molecular complexity index is 427. The summed E-state index contributed by atoms with van der Waals surface area (Å²) in [6.45, 7) is 1.57. The topological polar surface area (TPSA) is 49.3 Å². The first-order chi connectivity index (χ1) is 7.56. The minimum Gasteiger partial charge on any atom is -0.394 e. The Hall–Kier alpha value is -1.42. The van der Waals surface area contributed by atoms with Gasteiger partial charge in [0.2, 0.25) is 0 Å². The first-order valence-corrected chi connectivity index (χ1v) is 5.26. The third kappa shape index (κ3) is 2.07. The molecule has 2 N–H and O–H groups in total. The van der Waals surface area contributed by atoms with Crippen LogP contribution in [0.2, 0.25) is 0 Å². The first kappa shape index (κ1) is 11.1. The highest BCUT2D eigenvalue weighted by Crippen LogP contribution is 2.34. The number of benzene rings is 1. The van der Waals surface area contributed by atoms with E-state index in [1.807, 2.05) is 0 Å². The maximum Gasteiger partial charge on any atom is 0.251 e. The Morgan fingerprint density at radius 1 is 1.56 bits per heavy atom. The average Bonchev–Trinajstić information content (AvgIpc) is 3.02.